The van der Waals surface area contributed by atoms with Crippen LogP contribution >= 0.6 is 12.4 Å². The van der Waals surface area contributed by atoms with Gasteiger partial charge in [-0.2, -0.15) is 0 Å². The Morgan fingerprint density at radius 2 is 2.08 bits per heavy atom. The van der Waals surface area contributed by atoms with Gasteiger partial charge in [0.1, 0.15) is 5.52 Å². The van der Waals surface area contributed by atoms with Crippen LogP contribution in [0.15, 0.2) is 40.8 Å². The summed E-state index contributed by atoms with van der Waals surface area (Å²) in [5, 5.41) is 6.22. The van der Waals surface area contributed by atoms with Crippen molar-refractivity contribution in [3.05, 3.63) is 64.5 Å². The molecule has 2 heterocycles. The largest absolute Gasteiger partial charge is 0.441 e. The van der Waals surface area contributed by atoms with Gasteiger partial charge in [-0.15, -0.1) is 12.4 Å². The van der Waals surface area contributed by atoms with Crippen molar-refractivity contribution < 1.29 is 9.21 Å². The molecule has 0 atom stereocenters. The zero-order valence-electron chi connectivity index (χ0n) is 14.0. The fourth-order valence-electron chi connectivity index (χ4n) is 3.06. The second-order valence-corrected chi connectivity index (χ2v) is 6.12. The number of carbonyl (C=O) groups excluding carboxylic acids is 1. The fraction of sp³-hybridized carbons (Fsp3) is 0.263. The zero-order chi connectivity index (χ0) is 16.5. The number of carbonyl (C=O) groups is 1. The molecule has 0 unspecified atom stereocenters. The van der Waals surface area contributed by atoms with Gasteiger partial charge in [0.2, 0.25) is 0 Å². The number of nitrogens with one attached hydrogen (secondary N) is 2. The molecule has 1 aliphatic heterocycles. The number of oxazole rings is 1. The van der Waals surface area contributed by atoms with Gasteiger partial charge in [-0.05, 0) is 41.8 Å². The van der Waals surface area contributed by atoms with E-state index < -0.39 is 0 Å². The van der Waals surface area contributed by atoms with E-state index in [0.717, 1.165) is 29.8 Å². The van der Waals surface area contributed by atoms with E-state index in [1.807, 2.05) is 43.3 Å². The Kier molecular flexibility index (Phi) is 5.06. The Morgan fingerprint density at radius 3 is 2.92 bits per heavy atom. The first kappa shape index (κ1) is 17.5. The van der Waals surface area contributed by atoms with Gasteiger partial charge in [-0.25, -0.2) is 4.98 Å². The van der Waals surface area contributed by atoms with Gasteiger partial charge in [-0.3, -0.25) is 4.79 Å². The van der Waals surface area contributed by atoms with Gasteiger partial charge in [0.25, 0.3) is 5.91 Å². The molecule has 1 aliphatic rings. The SMILES string of the molecule is Cc1cccc2oc(CCNC(=O)c3ccc4c(c3)CNC4)nc12.Cl. The molecule has 2 aromatic carbocycles. The number of rotatable bonds is 4. The number of nitrogens with zero attached hydrogens (tertiary/aromatic N) is 1. The lowest BCUT2D eigenvalue weighted by Crippen LogP contribution is -2.25. The number of hydrogen-bond acceptors (Lipinski definition) is 4. The quantitative estimate of drug-likeness (QED) is 0.752. The van der Waals surface area contributed by atoms with Crippen molar-refractivity contribution in [3.8, 4) is 0 Å². The first-order chi connectivity index (χ1) is 11.7. The Morgan fingerprint density at radius 1 is 1.24 bits per heavy atom. The van der Waals surface area contributed by atoms with Gasteiger partial charge in [0, 0.05) is 31.6 Å². The Labute approximate surface area is 152 Å². The summed E-state index contributed by atoms with van der Waals surface area (Å²) in [6, 6.07) is 11.7. The van der Waals surface area contributed by atoms with Gasteiger partial charge >= 0.3 is 0 Å². The number of aromatic nitrogens is 1. The number of hydrogen-bond donors (Lipinski definition) is 2. The third-order valence-corrected chi connectivity index (χ3v) is 4.39. The second-order valence-electron chi connectivity index (χ2n) is 6.12. The highest BCUT2D eigenvalue weighted by atomic mass is 35.5. The van der Waals surface area contributed by atoms with Gasteiger partial charge in [0.05, 0.1) is 0 Å². The molecule has 0 fully saturated rings. The second kappa shape index (κ2) is 7.25. The van der Waals surface area contributed by atoms with Crippen LogP contribution in [0.1, 0.15) is 32.9 Å². The Bertz CT molecular complexity index is 920. The fourth-order valence-corrected chi connectivity index (χ4v) is 3.06. The Balaban J connectivity index is 0.00000182. The molecule has 1 amide bonds. The molecule has 25 heavy (non-hydrogen) atoms. The molecule has 1 aromatic heterocycles. The minimum absolute atomic E-state index is 0. The molecule has 4 rings (SSSR count). The van der Waals surface area contributed by atoms with Crippen LogP contribution in [0.5, 0.6) is 0 Å². The van der Waals surface area contributed by atoms with E-state index >= 15 is 0 Å². The van der Waals surface area contributed by atoms with Crippen molar-refractivity contribution in [1.29, 1.82) is 0 Å². The summed E-state index contributed by atoms with van der Waals surface area (Å²) < 4.78 is 5.73. The maximum Gasteiger partial charge on any atom is 0.251 e. The monoisotopic (exact) mass is 357 g/mol. The van der Waals surface area contributed by atoms with Crippen molar-refractivity contribution in [2.75, 3.05) is 6.54 Å². The summed E-state index contributed by atoms with van der Waals surface area (Å²) in [6.07, 6.45) is 0.576. The standard InChI is InChI=1S/C19H19N3O2.ClH/c1-12-3-2-4-16-18(12)22-17(24-16)7-8-21-19(23)13-5-6-14-10-20-11-15(14)9-13;/h2-6,9,20H,7-8,10-11H2,1H3,(H,21,23);1H. The van der Waals surface area contributed by atoms with Crippen LogP contribution in [0, 0.1) is 6.92 Å². The minimum atomic E-state index is -0.0583. The van der Waals surface area contributed by atoms with Crippen LogP contribution in [0.25, 0.3) is 11.1 Å². The molecular weight excluding hydrogens is 338 g/mol. The van der Waals surface area contributed by atoms with Crippen LogP contribution in [0.4, 0.5) is 0 Å². The average Bonchev–Trinajstić information content (AvgIpc) is 3.20. The molecule has 3 aromatic rings. The smallest absolute Gasteiger partial charge is 0.251 e. The van der Waals surface area contributed by atoms with E-state index in [4.69, 9.17) is 4.42 Å². The molecule has 0 saturated heterocycles. The lowest BCUT2D eigenvalue weighted by atomic mass is 10.1. The number of benzene rings is 2. The topological polar surface area (TPSA) is 67.2 Å². The van der Waals surface area contributed by atoms with Gasteiger partial charge < -0.3 is 15.1 Å². The van der Waals surface area contributed by atoms with Crippen LogP contribution in [0.2, 0.25) is 0 Å². The first-order valence-corrected chi connectivity index (χ1v) is 8.16. The van der Waals surface area contributed by atoms with Gasteiger partial charge in [0.15, 0.2) is 11.5 Å². The predicted octanol–water partition coefficient (Wildman–Crippen LogP) is 3.13. The molecule has 6 heteroatoms. The van der Waals surface area contributed by atoms with E-state index in [0.29, 0.717) is 24.4 Å². The maximum absolute atomic E-state index is 12.3. The zero-order valence-corrected chi connectivity index (χ0v) is 14.8. The van der Waals surface area contributed by atoms with E-state index in [9.17, 15) is 4.79 Å². The summed E-state index contributed by atoms with van der Waals surface area (Å²) in [5.41, 5.74) is 5.96. The average molecular weight is 358 g/mol. The lowest BCUT2D eigenvalue weighted by molar-refractivity contribution is 0.0953. The summed E-state index contributed by atoms with van der Waals surface area (Å²) in [6.45, 7) is 4.23. The Hall–Kier alpha value is -2.37. The van der Waals surface area contributed by atoms with Gasteiger partial charge in [-0.1, -0.05) is 18.2 Å². The van der Waals surface area contributed by atoms with Crippen molar-refractivity contribution in [3.63, 3.8) is 0 Å². The molecule has 2 N–H and O–H groups in total. The van der Waals surface area contributed by atoms with Crippen molar-refractivity contribution >= 4 is 29.4 Å². The highest BCUT2D eigenvalue weighted by molar-refractivity contribution is 5.94. The van der Waals surface area contributed by atoms with Crippen LogP contribution in [-0.4, -0.2) is 17.4 Å². The highest BCUT2D eigenvalue weighted by Crippen LogP contribution is 2.19. The summed E-state index contributed by atoms with van der Waals surface area (Å²) in [5.74, 6) is 0.592. The molecule has 130 valence electrons. The molecule has 5 nitrogen and oxygen atoms in total. The number of aryl methyl sites for hydroxylation is 1. The van der Waals surface area contributed by atoms with Crippen molar-refractivity contribution in [2.45, 2.75) is 26.4 Å². The van der Waals surface area contributed by atoms with Crippen LogP contribution in [0.3, 0.4) is 0 Å². The number of halogens is 1. The lowest BCUT2D eigenvalue weighted by Gasteiger charge is -2.05. The van der Waals surface area contributed by atoms with E-state index in [-0.39, 0.29) is 18.3 Å². The number of fused-ring (bicyclic) bond motifs is 2. The molecule has 0 spiro atoms. The summed E-state index contributed by atoms with van der Waals surface area (Å²) >= 11 is 0. The summed E-state index contributed by atoms with van der Waals surface area (Å²) in [7, 11) is 0. The summed E-state index contributed by atoms with van der Waals surface area (Å²) in [4.78, 5) is 16.8. The molecule has 0 aliphatic carbocycles. The highest BCUT2D eigenvalue weighted by Gasteiger charge is 2.14. The third kappa shape index (κ3) is 3.52. The van der Waals surface area contributed by atoms with E-state index in [1.165, 1.54) is 11.1 Å². The normalized spacial score (nSPS) is 12.7. The molecule has 0 bridgehead atoms. The van der Waals surface area contributed by atoms with Crippen molar-refractivity contribution in [2.24, 2.45) is 0 Å². The van der Waals surface area contributed by atoms with Crippen LogP contribution < -0.4 is 10.6 Å². The first-order valence-electron chi connectivity index (χ1n) is 8.16. The number of para-hydroxylation sites is 1. The number of amides is 1. The van der Waals surface area contributed by atoms with E-state index in [1.54, 1.807) is 0 Å². The molecular formula is C19H20ClN3O2. The van der Waals surface area contributed by atoms with Crippen LogP contribution in [-0.2, 0) is 19.5 Å². The van der Waals surface area contributed by atoms with E-state index in [2.05, 4.69) is 15.6 Å². The maximum atomic E-state index is 12.3. The minimum Gasteiger partial charge on any atom is -0.441 e. The van der Waals surface area contributed by atoms with Crippen molar-refractivity contribution in [1.82, 2.24) is 15.6 Å². The predicted molar refractivity (Wildman–Crippen MR) is 99.0 cm³/mol. The third-order valence-electron chi connectivity index (χ3n) is 4.39. The molecule has 0 saturated carbocycles. The molecule has 0 radical (unpaired) electrons.